The molecule has 0 aliphatic heterocycles. The number of aromatic nitrogens is 2. The zero-order chi connectivity index (χ0) is 27.4. The van der Waals surface area contributed by atoms with E-state index in [2.05, 4.69) is 10.3 Å². The van der Waals surface area contributed by atoms with E-state index in [9.17, 15) is 18.0 Å². The lowest BCUT2D eigenvalue weighted by molar-refractivity contribution is -0.137. The highest BCUT2D eigenvalue weighted by Gasteiger charge is 2.32. The number of carbonyl (C=O) groups is 1. The van der Waals surface area contributed by atoms with Gasteiger partial charge in [-0.3, -0.25) is 4.79 Å². The summed E-state index contributed by atoms with van der Waals surface area (Å²) in [5.41, 5.74) is 2.24. The van der Waals surface area contributed by atoms with Gasteiger partial charge in [-0.25, -0.2) is 4.98 Å². The molecule has 5 aromatic rings. The fourth-order valence-electron chi connectivity index (χ4n) is 4.21. The Morgan fingerprint density at radius 2 is 1.67 bits per heavy atom. The summed E-state index contributed by atoms with van der Waals surface area (Å²) in [6.07, 6.45) is -4.49. The van der Waals surface area contributed by atoms with Gasteiger partial charge in [0.1, 0.15) is 11.0 Å². The molecule has 1 atom stereocenters. The molecule has 9 heteroatoms. The molecule has 0 radical (unpaired) electrons. The van der Waals surface area contributed by atoms with Crippen molar-refractivity contribution in [1.29, 1.82) is 0 Å². The van der Waals surface area contributed by atoms with Crippen molar-refractivity contribution in [2.24, 2.45) is 0 Å². The van der Waals surface area contributed by atoms with Gasteiger partial charge in [-0.15, -0.1) is 0 Å². The lowest BCUT2D eigenvalue weighted by atomic mass is 10.1. The van der Waals surface area contributed by atoms with E-state index in [0.29, 0.717) is 28.7 Å². The number of amides is 1. The number of nitrogens with zero attached hydrogens (tertiary/aromatic N) is 2. The Kier molecular flexibility index (Phi) is 7.60. The normalized spacial score (nSPS) is 12.3. The summed E-state index contributed by atoms with van der Waals surface area (Å²) in [6.45, 7) is 0.379. The number of imidazole rings is 1. The molecule has 0 saturated carbocycles. The first-order valence-corrected chi connectivity index (χ1v) is 13.0. The number of anilines is 1. The van der Waals surface area contributed by atoms with Gasteiger partial charge in [0.15, 0.2) is 5.16 Å². The van der Waals surface area contributed by atoms with Crippen LogP contribution in [0.2, 0.25) is 0 Å². The number of hydrogen-bond acceptors (Lipinski definition) is 4. The molecule has 0 saturated heterocycles. The van der Waals surface area contributed by atoms with Crippen LogP contribution < -0.4 is 10.1 Å². The number of hydrogen-bond donors (Lipinski definition) is 1. The molecule has 1 aromatic heterocycles. The maximum Gasteiger partial charge on any atom is 0.416 e. The van der Waals surface area contributed by atoms with E-state index in [0.717, 1.165) is 23.3 Å². The van der Waals surface area contributed by atoms with Crippen molar-refractivity contribution in [1.82, 2.24) is 9.55 Å². The van der Waals surface area contributed by atoms with E-state index in [-0.39, 0.29) is 11.4 Å². The average molecular weight is 548 g/mol. The minimum Gasteiger partial charge on any atom is -0.497 e. The third-order valence-electron chi connectivity index (χ3n) is 6.13. The van der Waals surface area contributed by atoms with Crippen molar-refractivity contribution in [3.63, 3.8) is 0 Å². The molecular weight excluding hydrogens is 523 g/mol. The Bertz CT molecular complexity index is 1590. The number of ether oxygens (including phenoxy) is 1. The lowest BCUT2D eigenvalue weighted by Gasteiger charge is -2.18. The molecule has 1 amide bonds. The van der Waals surface area contributed by atoms with Crippen molar-refractivity contribution < 1.29 is 22.7 Å². The predicted octanol–water partition coefficient (Wildman–Crippen LogP) is 7.58. The van der Waals surface area contributed by atoms with Crippen LogP contribution >= 0.6 is 11.8 Å². The first-order chi connectivity index (χ1) is 18.8. The van der Waals surface area contributed by atoms with Gasteiger partial charge in [0.2, 0.25) is 5.91 Å². The lowest BCUT2D eigenvalue weighted by Crippen LogP contribution is -2.19. The number of methoxy groups -OCH3 is 1. The highest BCUT2D eigenvalue weighted by Crippen LogP contribution is 2.39. The van der Waals surface area contributed by atoms with Crippen LogP contribution in [0.25, 0.3) is 11.0 Å². The van der Waals surface area contributed by atoms with Crippen LogP contribution in [-0.4, -0.2) is 22.6 Å². The second-order valence-electron chi connectivity index (χ2n) is 8.80. The number of benzene rings is 4. The second-order valence-corrected chi connectivity index (χ2v) is 9.87. The van der Waals surface area contributed by atoms with Gasteiger partial charge in [-0.05, 0) is 41.5 Å². The number of fused-ring (bicyclic) bond motifs is 1. The van der Waals surface area contributed by atoms with E-state index in [1.807, 2.05) is 65.2 Å². The number of nitrogens with one attached hydrogen (secondary N) is 1. The number of alkyl halides is 3. The number of halogens is 3. The van der Waals surface area contributed by atoms with Crippen LogP contribution in [0, 0.1) is 0 Å². The maximum absolute atomic E-state index is 13.6. The molecule has 5 nitrogen and oxygen atoms in total. The van der Waals surface area contributed by atoms with E-state index >= 15 is 0 Å². The van der Waals surface area contributed by atoms with E-state index in [1.54, 1.807) is 31.4 Å². The fraction of sp³-hybridized carbons (Fsp3) is 0.133. The van der Waals surface area contributed by atoms with E-state index in [4.69, 9.17) is 4.74 Å². The molecule has 4 aromatic carbocycles. The third kappa shape index (κ3) is 6.09. The van der Waals surface area contributed by atoms with Crippen LogP contribution in [0.3, 0.4) is 0 Å². The minimum absolute atomic E-state index is 0.211. The minimum atomic E-state index is -4.49. The van der Waals surface area contributed by atoms with Gasteiger partial charge in [-0.2, -0.15) is 13.2 Å². The van der Waals surface area contributed by atoms with Crippen molar-refractivity contribution in [3.05, 3.63) is 120 Å². The smallest absolute Gasteiger partial charge is 0.416 e. The van der Waals surface area contributed by atoms with Crippen molar-refractivity contribution >= 4 is 34.4 Å². The molecule has 0 fully saturated rings. The van der Waals surface area contributed by atoms with Gasteiger partial charge in [0.25, 0.3) is 0 Å². The summed E-state index contributed by atoms with van der Waals surface area (Å²) in [6, 6.07) is 29.4. The van der Waals surface area contributed by atoms with Gasteiger partial charge in [0.05, 0.1) is 30.3 Å². The van der Waals surface area contributed by atoms with E-state index < -0.39 is 17.0 Å². The molecule has 198 valence electrons. The van der Waals surface area contributed by atoms with Gasteiger partial charge in [0, 0.05) is 11.8 Å². The van der Waals surface area contributed by atoms with Crippen molar-refractivity contribution in [2.45, 2.75) is 23.1 Å². The average Bonchev–Trinajstić information content (AvgIpc) is 3.28. The Morgan fingerprint density at radius 3 is 2.36 bits per heavy atom. The van der Waals surface area contributed by atoms with Crippen LogP contribution in [0.5, 0.6) is 5.75 Å². The second kappa shape index (κ2) is 11.2. The van der Waals surface area contributed by atoms with Crippen molar-refractivity contribution in [2.75, 3.05) is 12.4 Å². The third-order valence-corrected chi connectivity index (χ3v) is 7.37. The maximum atomic E-state index is 13.6. The van der Waals surface area contributed by atoms with E-state index in [1.165, 1.54) is 17.8 Å². The largest absolute Gasteiger partial charge is 0.497 e. The number of rotatable bonds is 8. The monoisotopic (exact) mass is 547 g/mol. The highest BCUT2D eigenvalue weighted by atomic mass is 32.2. The molecule has 0 unspecified atom stereocenters. The highest BCUT2D eigenvalue weighted by molar-refractivity contribution is 8.00. The predicted molar refractivity (Wildman–Crippen MR) is 147 cm³/mol. The summed E-state index contributed by atoms with van der Waals surface area (Å²) < 4.78 is 47.5. The molecule has 1 heterocycles. The fourth-order valence-corrected chi connectivity index (χ4v) is 5.32. The summed E-state index contributed by atoms with van der Waals surface area (Å²) in [4.78, 5) is 18.2. The molecule has 0 spiro atoms. The molecule has 0 aliphatic carbocycles. The van der Waals surface area contributed by atoms with Crippen LogP contribution in [0.15, 0.2) is 108 Å². The van der Waals surface area contributed by atoms with Crippen LogP contribution in [-0.2, 0) is 17.5 Å². The summed E-state index contributed by atoms with van der Waals surface area (Å²) in [7, 11) is 1.55. The first-order valence-electron chi connectivity index (χ1n) is 12.1. The Balaban J connectivity index is 1.56. The standard InChI is InChI=1S/C30H24F3N3O2S/c1-38-24-14-8-13-23(18-24)34-28(37)27(21-11-6-3-7-12-21)39-29-35-25-17-22(30(31,32)33)15-16-26(25)36(29)19-20-9-4-2-5-10-20/h2-18,27H,19H2,1H3,(H,34,37)/t27-/m0/s1. The van der Waals surface area contributed by atoms with Gasteiger partial charge < -0.3 is 14.6 Å². The molecule has 0 aliphatic rings. The summed E-state index contributed by atoms with van der Waals surface area (Å²) in [5, 5.41) is 2.64. The number of thioether (sulfide) groups is 1. The topological polar surface area (TPSA) is 56.1 Å². The van der Waals surface area contributed by atoms with Crippen LogP contribution in [0.1, 0.15) is 21.9 Å². The Morgan fingerprint density at radius 1 is 0.949 bits per heavy atom. The Labute approximate surface area is 227 Å². The summed E-state index contributed by atoms with van der Waals surface area (Å²) >= 11 is 1.19. The summed E-state index contributed by atoms with van der Waals surface area (Å²) in [5.74, 6) is 0.301. The molecule has 1 N–H and O–H groups in total. The van der Waals surface area contributed by atoms with Crippen molar-refractivity contribution in [3.8, 4) is 5.75 Å². The number of carbonyl (C=O) groups excluding carboxylic acids is 1. The molecule has 0 bridgehead atoms. The zero-order valence-corrected chi connectivity index (χ0v) is 21.7. The molecule has 39 heavy (non-hydrogen) atoms. The molecule has 5 rings (SSSR count). The quantitative estimate of drug-likeness (QED) is 0.204. The Hall–Kier alpha value is -4.24. The van der Waals surface area contributed by atoms with Gasteiger partial charge in [-0.1, -0.05) is 78.5 Å². The zero-order valence-electron chi connectivity index (χ0n) is 20.9. The van der Waals surface area contributed by atoms with Gasteiger partial charge >= 0.3 is 6.18 Å². The molecular formula is C30H24F3N3O2S. The van der Waals surface area contributed by atoms with Crippen LogP contribution in [0.4, 0.5) is 18.9 Å². The SMILES string of the molecule is COc1cccc(NC(=O)[C@@H](Sc2nc3cc(C(F)(F)F)ccc3n2Cc2ccccc2)c2ccccc2)c1. The first kappa shape index (κ1) is 26.4.